The third-order valence-corrected chi connectivity index (χ3v) is 3.91. The normalized spacial score (nSPS) is 13.6. The van der Waals surface area contributed by atoms with Crippen molar-refractivity contribution in [1.82, 2.24) is 10.2 Å². The third-order valence-electron chi connectivity index (χ3n) is 3.91. The number of rotatable bonds is 7. The number of benzene rings is 1. The highest BCUT2D eigenvalue weighted by Crippen LogP contribution is 2.30. The summed E-state index contributed by atoms with van der Waals surface area (Å²) in [6, 6.07) is 8.66. The number of ether oxygens (including phenoxy) is 1. The summed E-state index contributed by atoms with van der Waals surface area (Å²) >= 11 is 0. The van der Waals surface area contributed by atoms with E-state index in [1.807, 2.05) is 12.1 Å². The van der Waals surface area contributed by atoms with E-state index >= 15 is 0 Å². The van der Waals surface area contributed by atoms with Crippen LogP contribution in [0.15, 0.2) is 24.3 Å². The molecule has 0 fully saturated rings. The van der Waals surface area contributed by atoms with Crippen LogP contribution in [-0.2, 0) is 0 Å². The molecule has 0 radical (unpaired) electrons. The zero-order chi connectivity index (χ0) is 14.5. The van der Waals surface area contributed by atoms with Crippen LogP contribution >= 0.6 is 0 Å². The summed E-state index contributed by atoms with van der Waals surface area (Å²) in [5.74, 6) is 0.903. The maximum atomic E-state index is 5.23. The molecule has 3 nitrogen and oxygen atoms in total. The molecule has 0 aliphatic heterocycles. The van der Waals surface area contributed by atoms with Crippen LogP contribution in [0.4, 0.5) is 0 Å². The Morgan fingerprint density at radius 3 is 2.21 bits per heavy atom. The first-order valence-corrected chi connectivity index (χ1v) is 6.98. The van der Waals surface area contributed by atoms with E-state index in [2.05, 4.69) is 57.2 Å². The second kappa shape index (κ2) is 6.92. The molecule has 0 spiro atoms. The van der Waals surface area contributed by atoms with Gasteiger partial charge in [0.05, 0.1) is 13.2 Å². The molecule has 0 aliphatic carbocycles. The zero-order valence-electron chi connectivity index (χ0n) is 13.2. The van der Waals surface area contributed by atoms with Gasteiger partial charge >= 0.3 is 0 Å². The topological polar surface area (TPSA) is 24.5 Å². The van der Waals surface area contributed by atoms with E-state index < -0.39 is 0 Å². The van der Waals surface area contributed by atoms with E-state index in [0.29, 0.717) is 6.04 Å². The van der Waals surface area contributed by atoms with Gasteiger partial charge in [0, 0.05) is 5.54 Å². The predicted octanol–water partition coefficient (Wildman–Crippen LogP) is 3.08. The number of hydrogen-bond donors (Lipinski definition) is 1. The molecule has 108 valence electrons. The summed E-state index contributed by atoms with van der Waals surface area (Å²) < 4.78 is 5.23. The van der Waals surface area contributed by atoms with Gasteiger partial charge in [-0.15, -0.1) is 0 Å². The van der Waals surface area contributed by atoms with Crippen molar-refractivity contribution in [2.75, 3.05) is 27.7 Å². The monoisotopic (exact) mass is 264 g/mol. The second-order valence-electron chi connectivity index (χ2n) is 5.71. The van der Waals surface area contributed by atoms with Gasteiger partial charge in [0.1, 0.15) is 5.75 Å². The molecule has 0 bridgehead atoms. The minimum atomic E-state index is 0.0454. The van der Waals surface area contributed by atoms with Gasteiger partial charge in [-0.05, 0) is 58.6 Å². The average molecular weight is 264 g/mol. The number of methoxy groups -OCH3 is 1. The molecular weight excluding hydrogens is 236 g/mol. The Morgan fingerprint density at radius 1 is 1.21 bits per heavy atom. The lowest BCUT2D eigenvalue weighted by molar-refractivity contribution is 0.138. The van der Waals surface area contributed by atoms with Crippen molar-refractivity contribution < 1.29 is 4.74 Å². The first kappa shape index (κ1) is 16.0. The Morgan fingerprint density at radius 2 is 1.79 bits per heavy atom. The molecule has 1 atom stereocenters. The van der Waals surface area contributed by atoms with Crippen LogP contribution in [0, 0.1) is 0 Å². The first-order chi connectivity index (χ1) is 8.93. The Kier molecular flexibility index (Phi) is 5.83. The van der Waals surface area contributed by atoms with Crippen LogP contribution in [0.5, 0.6) is 5.75 Å². The lowest BCUT2D eigenvalue weighted by Crippen LogP contribution is -2.49. The van der Waals surface area contributed by atoms with Crippen LogP contribution in [0.3, 0.4) is 0 Å². The predicted molar refractivity (Wildman–Crippen MR) is 81.8 cm³/mol. The molecule has 1 aromatic rings. The van der Waals surface area contributed by atoms with Crippen molar-refractivity contribution in [3.05, 3.63) is 29.8 Å². The van der Waals surface area contributed by atoms with Crippen LogP contribution in [-0.4, -0.2) is 38.2 Å². The average Bonchev–Trinajstić information content (AvgIpc) is 2.39. The molecule has 0 aliphatic rings. The lowest BCUT2D eigenvalue weighted by atomic mass is 9.87. The Balaban J connectivity index is 3.01. The zero-order valence-corrected chi connectivity index (χ0v) is 13.2. The van der Waals surface area contributed by atoms with Gasteiger partial charge in [-0.1, -0.05) is 19.1 Å². The number of hydrogen-bond acceptors (Lipinski definition) is 3. The third kappa shape index (κ3) is 3.95. The summed E-state index contributed by atoms with van der Waals surface area (Å²) in [6.07, 6.45) is 1.14. The van der Waals surface area contributed by atoms with Crippen LogP contribution in [0.25, 0.3) is 0 Å². The van der Waals surface area contributed by atoms with E-state index in [4.69, 9.17) is 4.74 Å². The SMILES string of the molecule is CCCNC(c1ccc(OC)cc1)C(C)(C)N(C)C. The largest absolute Gasteiger partial charge is 0.497 e. The van der Waals surface area contributed by atoms with Crippen LogP contribution < -0.4 is 10.1 Å². The molecule has 1 N–H and O–H groups in total. The summed E-state index contributed by atoms with van der Waals surface area (Å²) in [5, 5.41) is 3.66. The fourth-order valence-electron chi connectivity index (χ4n) is 2.12. The molecule has 0 amide bonds. The minimum Gasteiger partial charge on any atom is -0.497 e. The summed E-state index contributed by atoms with van der Waals surface area (Å²) in [5.41, 5.74) is 1.34. The quantitative estimate of drug-likeness (QED) is 0.819. The maximum absolute atomic E-state index is 5.23. The first-order valence-electron chi connectivity index (χ1n) is 6.98. The van der Waals surface area contributed by atoms with E-state index in [0.717, 1.165) is 18.7 Å². The maximum Gasteiger partial charge on any atom is 0.118 e. The second-order valence-corrected chi connectivity index (χ2v) is 5.71. The van der Waals surface area contributed by atoms with Gasteiger partial charge in [-0.2, -0.15) is 0 Å². The van der Waals surface area contributed by atoms with E-state index in [9.17, 15) is 0 Å². The van der Waals surface area contributed by atoms with E-state index in [1.165, 1.54) is 5.56 Å². The molecule has 0 saturated heterocycles. The van der Waals surface area contributed by atoms with Gasteiger partial charge in [0.15, 0.2) is 0 Å². The standard InChI is InChI=1S/C16H28N2O/c1-7-12-17-15(16(2,3)18(4)5)13-8-10-14(19-6)11-9-13/h8-11,15,17H,7,12H2,1-6H3. The molecule has 0 heterocycles. The van der Waals surface area contributed by atoms with E-state index in [1.54, 1.807) is 7.11 Å². The lowest BCUT2D eigenvalue weighted by Gasteiger charge is -2.41. The molecule has 0 aromatic heterocycles. The van der Waals surface area contributed by atoms with Gasteiger partial charge in [0.25, 0.3) is 0 Å². The molecule has 19 heavy (non-hydrogen) atoms. The van der Waals surface area contributed by atoms with E-state index in [-0.39, 0.29) is 5.54 Å². The Bertz CT molecular complexity index is 371. The van der Waals surface area contributed by atoms with Crippen molar-refractivity contribution in [3.63, 3.8) is 0 Å². The summed E-state index contributed by atoms with van der Waals surface area (Å²) in [7, 11) is 5.96. The summed E-state index contributed by atoms with van der Waals surface area (Å²) in [4.78, 5) is 2.27. The molecule has 1 rings (SSSR count). The molecule has 0 saturated carbocycles. The van der Waals surface area contributed by atoms with Crippen LogP contribution in [0.2, 0.25) is 0 Å². The smallest absolute Gasteiger partial charge is 0.118 e. The summed E-state index contributed by atoms with van der Waals surface area (Å²) in [6.45, 7) is 7.75. The van der Waals surface area contributed by atoms with Gasteiger partial charge in [-0.3, -0.25) is 0 Å². The number of nitrogens with one attached hydrogen (secondary N) is 1. The van der Waals surface area contributed by atoms with Crippen molar-refractivity contribution in [2.45, 2.75) is 38.8 Å². The fourth-order valence-corrected chi connectivity index (χ4v) is 2.12. The van der Waals surface area contributed by atoms with Crippen molar-refractivity contribution >= 4 is 0 Å². The highest BCUT2D eigenvalue weighted by atomic mass is 16.5. The molecular formula is C16H28N2O. The highest BCUT2D eigenvalue weighted by Gasteiger charge is 2.32. The van der Waals surface area contributed by atoms with Crippen molar-refractivity contribution in [1.29, 1.82) is 0 Å². The molecule has 1 aromatic carbocycles. The van der Waals surface area contributed by atoms with Gasteiger partial charge in [-0.25, -0.2) is 0 Å². The number of likely N-dealkylation sites (N-methyl/N-ethyl adjacent to an activating group) is 1. The Hall–Kier alpha value is -1.06. The van der Waals surface area contributed by atoms with Gasteiger partial charge in [0.2, 0.25) is 0 Å². The molecule has 1 unspecified atom stereocenters. The van der Waals surface area contributed by atoms with Crippen LogP contribution in [0.1, 0.15) is 38.8 Å². The number of nitrogens with zero attached hydrogens (tertiary/aromatic N) is 1. The van der Waals surface area contributed by atoms with Crippen molar-refractivity contribution in [3.8, 4) is 5.75 Å². The Labute approximate surface area is 118 Å². The highest BCUT2D eigenvalue weighted by molar-refractivity contribution is 5.30. The van der Waals surface area contributed by atoms with Gasteiger partial charge < -0.3 is 15.0 Å². The molecule has 3 heteroatoms. The minimum absolute atomic E-state index is 0.0454. The van der Waals surface area contributed by atoms with Crippen molar-refractivity contribution in [2.24, 2.45) is 0 Å². The fraction of sp³-hybridized carbons (Fsp3) is 0.625.